The van der Waals surface area contributed by atoms with Gasteiger partial charge in [0.15, 0.2) is 9.84 Å². The highest BCUT2D eigenvalue weighted by Crippen LogP contribution is 2.19. The number of rotatable bonds is 14. The minimum atomic E-state index is -3.02. The first-order valence-electron chi connectivity index (χ1n) is 7.69. The van der Waals surface area contributed by atoms with Gasteiger partial charge in [0.2, 0.25) is 0 Å². The van der Waals surface area contributed by atoms with Gasteiger partial charge in [0.25, 0.3) is 0 Å². The predicted molar refractivity (Wildman–Crippen MR) is 87.1 cm³/mol. The van der Waals surface area contributed by atoms with Crippen LogP contribution in [0, 0.1) is 5.41 Å². The lowest BCUT2D eigenvalue weighted by molar-refractivity contribution is 0.00554. The molecular formula is C15H32O6S. The summed E-state index contributed by atoms with van der Waals surface area (Å²) < 4.78 is 44.3. The second-order valence-electron chi connectivity index (χ2n) is 6.29. The lowest BCUT2D eigenvalue weighted by atomic mass is 9.94. The second-order valence-corrected chi connectivity index (χ2v) is 8.60. The molecule has 6 nitrogen and oxygen atoms in total. The summed E-state index contributed by atoms with van der Waals surface area (Å²) in [6, 6.07) is 0. The molecule has 0 aliphatic carbocycles. The average molecular weight is 340 g/mol. The average Bonchev–Trinajstić information content (AvgIpc) is 2.42. The lowest BCUT2D eigenvalue weighted by Crippen LogP contribution is -2.20. The number of hydrogen-bond acceptors (Lipinski definition) is 6. The third kappa shape index (κ3) is 16.2. The van der Waals surface area contributed by atoms with E-state index in [0.29, 0.717) is 46.1 Å². The van der Waals surface area contributed by atoms with Gasteiger partial charge >= 0.3 is 0 Å². The fourth-order valence-corrected chi connectivity index (χ4v) is 2.93. The van der Waals surface area contributed by atoms with E-state index in [2.05, 4.69) is 0 Å². The minimum Gasteiger partial charge on any atom is -0.382 e. The molecule has 22 heavy (non-hydrogen) atoms. The first-order valence-corrected chi connectivity index (χ1v) is 9.51. The highest BCUT2D eigenvalue weighted by molar-refractivity contribution is 7.91. The zero-order valence-corrected chi connectivity index (χ0v) is 15.2. The molecule has 0 amide bonds. The number of hydrogen-bond donors (Lipinski definition) is 0. The number of ether oxygens (including phenoxy) is 4. The minimum absolute atomic E-state index is 0.0348. The second kappa shape index (κ2) is 12.2. The Balaban J connectivity index is 3.42. The van der Waals surface area contributed by atoms with Crippen LogP contribution in [0.5, 0.6) is 0 Å². The van der Waals surface area contributed by atoms with Crippen LogP contribution >= 0.6 is 0 Å². The van der Waals surface area contributed by atoms with Crippen molar-refractivity contribution in [2.75, 3.05) is 64.9 Å². The number of sulfone groups is 1. The van der Waals surface area contributed by atoms with Gasteiger partial charge in [-0.25, -0.2) is 8.42 Å². The van der Waals surface area contributed by atoms with E-state index in [1.54, 1.807) is 7.11 Å². The fraction of sp³-hybridized carbons (Fsp3) is 1.00. The zero-order valence-electron chi connectivity index (χ0n) is 14.4. The molecule has 0 unspecified atom stereocenters. The topological polar surface area (TPSA) is 71.1 Å². The molecule has 0 radical (unpaired) electrons. The number of methoxy groups -OCH3 is 1. The molecule has 7 heteroatoms. The normalized spacial score (nSPS) is 12.7. The van der Waals surface area contributed by atoms with E-state index in [-0.39, 0.29) is 23.5 Å². The summed E-state index contributed by atoms with van der Waals surface area (Å²) in [5.74, 6) is 0.290. The summed E-state index contributed by atoms with van der Waals surface area (Å²) in [5.41, 5.74) is 0.0348. The van der Waals surface area contributed by atoms with Crippen molar-refractivity contribution in [3.05, 3.63) is 0 Å². The van der Waals surface area contributed by atoms with Gasteiger partial charge in [-0.3, -0.25) is 0 Å². The van der Waals surface area contributed by atoms with E-state index in [4.69, 9.17) is 18.9 Å². The molecule has 0 aromatic rings. The van der Waals surface area contributed by atoms with Crippen LogP contribution in [0.25, 0.3) is 0 Å². The third-order valence-electron chi connectivity index (χ3n) is 2.88. The maximum absolute atomic E-state index is 11.8. The summed E-state index contributed by atoms with van der Waals surface area (Å²) in [4.78, 5) is 0. The molecule has 0 saturated carbocycles. The van der Waals surface area contributed by atoms with Crippen molar-refractivity contribution in [2.45, 2.75) is 27.2 Å². The largest absolute Gasteiger partial charge is 0.382 e. The van der Waals surface area contributed by atoms with E-state index < -0.39 is 9.84 Å². The van der Waals surface area contributed by atoms with Gasteiger partial charge in [-0.1, -0.05) is 20.8 Å². The quantitative estimate of drug-likeness (QED) is 0.447. The maximum Gasteiger partial charge on any atom is 0.152 e. The van der Waals surface area contributed by atoms with E-state index in [1.807, 2.05) is 20.8 Å². The molecule has 0 aromatic heterocycles. The molecule has 0 aliphatic heterocycles. The Morgan fingerprint density at radius 2 is 1.18 bits per heavy atom. The molecule has 0 fully saturated rings. The summed E-state index contributed by atoms with van der Waals surface area (Å²) in [6.07, 6.45) is 0.668. The van der Waals surface area contributed by atoms with Crippen LogP contribution in [0.1, 0.15) is 27.2 Å². The lowest BCUT2D eigenvalue weighted by Gasteiger charge is -2.17. The molecule has 0 N–H and O–H groups in total. The van der Waals surface area contributed by atoms with Gasteiger partial charge < -0.3 is 18.9 Å². The van der Waals surface area contributed by atoms with Crippen LogP contribution in [0.15, 0.2) is 0 Å². The van der Waals surface area contributed by atoms with E-state index in [1.165, 1.54) is 0 Å². The Kier molecular flexibility index (Phi) is 12.1. The Morgan fingerprint density at radius 1 is 0.727 bits per heavy atom. The molecule has 0 aromatic carbocycles. The SMILES string of the molecule is COCCOCCOCCOCCS(=O)(=O)CCC(C)(C)C. The van der Waals surface area contributed by atoms with Crippen LogP contribution in [-0.2, 0) is 28.8 Å². The van der Waals surface area contributed by atoms with Crippen LogP contribution in [-0.4, -0.2) is 73.3 Å². The molecule has 0 heterocycles. The molecule has 0 rings (SSSR count). The molecule has 0 bridgehead atoms. The van der Waals surface area contributed by atoms with Gasteiger partial charge in [-0.15, -0.1) is 0 Å². The fourth-order valence-electron chi connectivity index (χ4n) is 1.43. The van der Waals surface area contributed by atoms with Crippen LogP contribution in [0.4, 0.5) is 0 Å². The van der Waals surface area contributed by atoms with Crippen LogP contribution in [0.2, 0.25) is 0 Å². The van der Waals surface area contributed by atoms with Crippen molar-refractivity contribution in [3.63, 3.8) is 0 Å². The summed E-state index contributed by atoms with van der Waals surface area (Å²) >= 11 is 0. The van der Waals surface area contributed by atoms with Crippen molar-refractivity contribution >= 4 is 9.84 Å². The maximum atomic E-state index is 11.8. The Bertz CT molecular complexity index is 348. The first kappa shape index (κ1) is 21.8. The van der Waals surface area contributed by atoms with Crippen molar-refractivity contribution < 1.29 is 27.4 Å². The highest BCUT2D eigenvalue weighted by atomic mass is 32.2. The van der Waals surface area contributed by atoms with Crippen LogP contribution < -0.4 is 0 Å². The highest BCUT2D eigenvalue weighted by Gasteiger charge is 2.17. The van der Waals surface area contributed by atoms with E-state index >= 15 is 0 Å². The van der Waals surface area contributed by atoms with E-state index in [9.17, 15) is 8.42 Å². The monoisotopic (exact) mass is 340 g/mol. The van der Waals surface area contributed by atoms with Crippen molar-refractivity contribution in [1.82, 2.24) is 0 Å². The smallest absolute Gasteiger partial charge is 0.152 e. The molecule has 0 atom stereocenters. The van der Waals surface area contributed by atoms with Gasteiger partial charge in [-0.05, 0) is 11.8 Å². The van der Waals surface area contributed by atoms with Gasteiger partial charge in [0.05, 0.1) is 57.8 Å². The van der Waals surface area contributed by atoms with E-state index in [0.717, 1.165) is 0 Å². The van der Waals surface area contributed by atoms with Gasteiger partial charge in [0, 0.05) is 7.11 Å². The predicted octanol–water partition coefficient (Wildman–Crippen LogP) is 1.53. The van der Waals surface area contributed by atoms with Crippen molar-refractivity contribution in [3.8, 4) is 0 Å². The zero-order chi connectivity index (χ0) is 16.9. The Morgan fingerprint density at radius 3 is 1.64 bits per heavy atom. The molecular weight excluding hydrogens is 308 g/mol. The Labute approximate surface area is 135 Å². The first-order chi connectivity index (χ1) is 10.3. The van der Waals surface area contributed by atoms with Crippen molar-refractivity contribution in [1.29, 1.82) is 0 Å². The van der Waals surface area contributed by atoms with Gasteiger partial charge in [0.1, 0.15) is 0 Å². The molecule has 0 spiro atoms. The molecule has 0 saturated heterocycles. The Hall–Kier alpha value is -0.210. The third-order valence-corrected chi connectivity index (χ3v) is 4.49. The summed E-state index contributed by atoms with van der Waals surface area (Å²) in [5, 5.41) is 0. The van der Waals surface area contributed by atoms with Crippen LogP contribution in [0.3, 0.4) is 0 Å². The standard InChI is InChI=1S/C15H32O6S/c1-15(2,3)5-13-22(16,17)14-12-21-11-10-20-9-8-19-7-6-18-4/h5-14H2,1-4H3. The summed E-state index contributed by atoms with van der Waals surface area (Å²) in [6.45, 7) is 9.32. The molecule has 0 aliphatic rings. The molecule has 134 valence electrons. The summed E-state index contributed by atoms with van der Waals surface area (Å²) in [7, 11) is -1.40. The van der Waals surface area contributed by atoms with Crippen molar-refractivity contribution in [2.24, 2.45) is 5.41 Å². The van der Waals surface area contributed by atoms with Gasteiger partial charge in [-0.2, -0.15) is 0 Å².